The number of carbonyl (C=O) groups excluding carboxylic acids is 2. The molecule has 1 saturated heterocycles. The highest BCUT2D eigenvalue weighted by atomic mass is 16.7. The van der Waals surface area contributed by atoms with Gasteiger partial charge in [-0.2, -0.15) is 0 Å². The van der Waals surface area contributed by atoms with Crippen LogP contribution in [0.2, 0.25) is 0 Å². The van der Waals surface area contributed by atoms with E-state index in [9.17, 15) is 35.1 Å². The molecule has 0 aromatic heterocycles. The lowest BCUT2D eigenvalue weighted by Gasteiger charge is -2.41. The van der Waals surface area contributed by atoms with E-state index < -0.39 is 67.4 Å². The molecule has 1 fully saturated rings. The Morgan fingerprint density at radius 1 is 0.494 bits per heavy atom. The summed E-state index contributed by atoms with van der Waals surface area (Å²) >= 11 is 0. The lowest BCUT2D eigenvalue weighted by molar-refractivity contribution is -0.305. The SMILES string of the molecule is CCCCC/C=C\C/C=C\C/C=C\C/C=C\CCC(O)C(=O)NC(COC1OC(CO)C(O)C(O)C1OC(=O)CCCCCCCCCC/C=C\C/C=C\C/C=C\CCCCC)C(O)/C=C/CCCCCCCCCCCCC. The van der Waals surface area contributed by atoms with Gasteiger partial charge in [-0.25, -0.2) is 0 Å². The van der Waals surface area contributed by atoms with Gasteiger partial charge in [-0.1, -0.05) is 246 Å². The Labute approximate surface area is 482 Å². The van der Waals surface area contributed by atoms with Crippen LogP contribution in [-0.4, -0.2) is 99.6 Å². The first-order valence-corrected chi connectivity index (χ1v) is 32.0. The van der Waals surface area contributed by atoms with Crippen molar-refractivity contribution < 1.29 is 49.3 Å². The van der Waals surface area contributed by atoms with E-state index in [-0.39, 0.29) is 19.4 Å². The Hall–Kier alpha value is -3.42. The van der Waals surface area contributed by atoms with Gasteiger partial charge in [0.2, 0.25) is 5.91 Å². The normalized spacial score (nSPS) is 19.5. The summed E-state index contributed by atoms with van der Waals surface area (Å²) in [4.78, 5) is 26.6. The number of aliphatic hydroxyl groups is 5. The second-order valence-corrected chi connectivity index (χ2v) is 21.8. The van der Waals surface area contributed by atoms with Crippen molar-refractivity contribution >= 4 is 11.9 Å². The minimum atomic E-state index is -1.63. The van der Waals surface area contributed by atoms with Crippen LogP contribution in [-0.2, 0) is 23.8 Å². The maximum absolute atomic E-state index is 13.4. The average Bonchev–Trinajstić information content (AvgIpc) is 3.49. The van der Waals surface area contributed by atoms with Crippen LogP contribution in [0, 0.1) is 0 Å². The van der Waals surface area contributed by atoms with Crippen molar-refractivity contribution in [2.75, 3.05) is 13.2 Å². The topological polar surface area (TPSA) is 175 Å². The number of ether oxygens (including phenoxy) is 3. The molecular formula is C68H117NO10. The molecule has 0 radical (unpaired) electrons. The molecule has 0 saturated carbocycles. The van der Waals surface area contributed by atoms with Gasteiger partial charge in [0.25, 0.3) is 0 Å². The number of unbranched alkanes of at least 4 members (excludes halogenated alkanes) is 25. The number of hydrogen-bond acceptors (Lipinski definition) is 10. The zero-order valence-corrected chi connectivity index (χ0v) is 50.2. The van der Waals surface area contributed by atoms with Crippen molar-refractivity contribution in [3.05, 3.63) is 97.2 Å². The first-order chi connectivity index (χ1) is 38.7. The standard InChI is InChI=1S/C68H117NO10/c1-4-7-10-13-16-19-22-25-27-29-30-31-32-33-35-38-41-44-47-50-53-56-63(73)79-66-65(75)64(74)62(57-70)78-68(66)77-58-59(60(71)54-51-48-45-42-39-36-24-21-18-15-12-9-6-3)69-67(76)61(72)55-52-49-46-43-40-37-34-28-26-23-20-17-14-11-8-5-2/h16-17,19-20,25-28,30-31,37,40,46,49,51,54,59-62,64-66,68,70-72,74-75H,4-15,18,21-24,29,32-36,38-39,41-45,47-48,50,52-53,55-58H2,1-3H3,(H,69,76)/b19-16-,20-17-,27-25-,28-26-,31-30-,40-37-,49-46-,54-51+. The van der Waals surface area contributed by atoms with Crippen molar-refractivity contribution in [1.29, 1.82) is 0 Å². The van der Waals surface area contributed by atoms with E-state index in [2.05, 4.69) is 99.0 Å². The summed E-state index contributed by atoms with van der Waals surface area (Å²) in [5, 5.41) is 57.0. The first kappa shape index (κ1) is 73.6. The quantitative estimate of drug-likeness (QED) is 0.0195. The summed E-state index contributed by atoms with van der Waals surface area (Å²) < 4.78 is 17.6. The van der Waals surface area contributed by atoms with Crippen LogP contribution in [0.15, 0.2) is 97.2 Å². The molecule has 1 heterocycles. The highest BCUT2D eigenvalue weighted by molar-refractivity contribution is 5.80. The molecule has 1 aliphatic rings. The molecule has 6 N–H and O–H groups in total. The van der Waals surface area contributed by atoms with Gasteiger partial charge < -0.3 is 45.1 Å². The second kappa shape index (κ2) is 55.1. The summed E-state index contributed by atoms with van der Waals surface area (Å²) in [7, 11) is 0. The van der Waals surface area contributed by atoms with E-state index in [1.165, 1.54) is 116 Å². The lowest BCUT2D eigenvalue weighted by Crippen LogP contribution is -2.61. The van der Waals surface area contributed by atoms with Crippen LogP contribution in [0.4, 0.5) is 0 Å². The number of aliphatic hydroxyl groups excluding tert-OH is 5. The van der Waals surface area contributed by atoms with Crippen molar-refractivity contribution in [2.24, 2.45) is 0 Å². The summed E-state index contributed by atoms with van der Waals surface area (Å²) in [5.74, 6) is -1.26. The number of allylic oxidation sites excluding steroid dienone is 15. The van der Waals surface area contributed by atoms with Crippen molar-refractivity contribution in [1.82, 2.24) is 5.32 Å². The van der Waals surface area contributed by atoms with Crippen LogP contribution in [0.3, 0.4) is 0 Å². The zero-order valence-electron chi connectivity index (χ0n) is 50.2. The first-order valence-electron chi connectivity index (χ1n) is 32.0. The van der Waals surface area contributed by atoms with Crippen LogP contribution < -0.4 is 5.32 Å². The van der Waals surface area contributed by atoms with Gasteiger partial charge in [-0.15, -0.1) is 0 Å². The Morgan fingerprint density at radius 3 is 1.33 bits per heavy atom. The molecule has 8 atom stereocenters. The fourth-order valence-corrected chi connectivity index (χ4v) is 9.35. The largest absolute Gasteiger partial charge is 0.454 e. The van der Waals surface area contributed by atoms with E-state index in [0.717, 1.165) is 96.3 Å². The number of amides is 1. The lowest BCUT2D eigenvalue weighted by atomic mass is 9.99. The van der Waals surface area contributed by atoms with Gasteiger partial charge in [0, 0.05) is 6.42 Å². The van der Waals surface area contributed by atoms with E-state index in [4.69, 9.17) is 14.2 Å². The number of rotatable bonds is 53. The minimum absolute atomic E-state index is 0.104. The molecule has 0 aromatic rings. The molecule has 454 valence electrons. The summed E-state index contributed by atoms with van der Waals surface area (Å²) in [6, 6.07) is -1.06. The molecule has 1 aliphatic heterocycles. The van der Waals surface area contributed by atoms with Crippen LogP contribution >= 0.6 is 0 Å². The minimum Gasteiger partial charge on any atom is -0.454 e. The molecule has 0 aromatic carbocycles. The monoisotopic (exact) mass is 1110 g/mol. The predicted molar refractivity (Wildman–Crippen MR) is 329 cm³/mol. The fourth-order valence-electron chi connectivity index (χ4n) is 9.35. The van der Waals surface area contributed by atoms with Gasteiger partial charge >= 0.3 is 5.97 Å². The van der Waals surface area contributed by atoms with E-state index in [1.807, 2.05) is 18.2 Å². The number of nitrogens with one attached hydrogen (secondary N) is 1. The van der Waals surface area contributed by atoms with Crippen molar-refractivity contribution in [2.45, 2.75) is 307 Å². The average molecular weight is 1110 g/mol. The summed E-state index contributed by atoms with van der Waals surface area (Å²) in [6.07, 6.45) is 63.0. The molecule has 11 heteroatoms. The summed E-state index contributed by atoms with van der Waals surface area (Å²) in [5.41, 5.74) is 0. The van der Waals surface area contributed by atoms with Crippen LogP contribution in [0.5, 0.6) is 0 Å². The maximum Gasteiger partial charge on any atom is 0.306 e. The molecule has 8 unspecified atom stereocenters. The third-order valence-corrected chi connectivity index (χ3v) is 14.5. The molecule has 11 nitrogen and oxygen atoms in total. The molecule has 0 bridgehead atoms. The predicted octanol–water partition coefficient (Wildman–Crippen LogP) is 15.5. The van der Waals surface area contributed by atoms with Gasteiger partial charge in [0.05, 0.1) is 25.4 Å². The van der Waals surface area contributed by atoms with Gasteiger partial charge in [0.15, 0.2) is 12.4 Å². The number of esters is 1. The van der Waals surface area contributed by atoms with Crippen LogP contribution in [0.1, 0.15) is 258 Å². The number of hydrogen-bond donors (Lipinski definition) is 6. The summed E-state index contributed by atoms with van der Waals surface area (Å²) in [6.45, 7) is 5.70. The molecule has 0 spiro atoms. The number of carbonyl (C=O) groups is 2. The second-order valence-electron chi connectivity index (χ2n) is 21.8. The third kappa shape index (κ3) is 43.0. The van der Waals surface area contributed by atoms with E-state index in [1.54, 1.807) is 6.08 Å². The maximum atomic E-state index is 13.4. The highest BCUT2D eigenvalue weighted by Gasteiger charge is 2.47. The zero-order chi connectivity index (χ0) is 57.5. The van der Waals surface area contributed by atoms with Crippen molar-refractivity contribution in [3.63, 3.8) is 0 Å². The smallest absolute Gasteiger partial charge is 0.306 e. The van der Waals surface area contributed by atoms with Crippen LogP contribution in [0.25, 0.3) is 0 Å². The van der Waals surface area contributed by atoms with E-state index >= 15 is 0 Å². The van der Waals surface area contributed by atoms with Gasteiger partial charge in [0.1, 0.15) is 24.4 Å². The molecule has 1 rings (SSSR count). The fraction of sp³-hybridized carbons (Fsp3) is 0.735. The molecular weight excluding hydrogens is 991 g/mol. The Kier molecular flexibility index (Phi) is 51.4. The van der Waals surface area contributed by atoms with Crippen molar-refractivity contribution in [3.8, 4) is 0 Å². The van der Waals surface area contributed by atoms with Gasteiger partial charge in [-0.3, -0.25) is 9.59 Å². The third-order valence-electron chi connectivity index (χ3n) is 14.5. The Balaban J connectivity index is 2.71. The molecule has 79 heavy (non-hydrogen) atoms. The van der Waals surface area contributed by atoms with E-state index in [0.29, 0.717) is 12.8 Å². The molecule has 0 aliphatic carbocycles. The Bertz CT molecular complexity index is 1650. The highest BCUT2D eigenvalue weighted by Crippen LogP contribution is 2.26. The Morgan fingerprint density at radius 2 is 0.873 bits per heavy atom. The molecule has 1 amide bonds. The van der Waals surface area contributed by atoms with Gasteiger partial charge in [-0.05, 0) is 103 Å².